The number of benzene rings is 12. The lowest BCUT2D eigenvalue weighted by atomic mass is 9.73. The van der Waals surface area contributed by atoms with Crippen molar-refractivity contribution in [3.8, 4) is 67.5 Å². The van der Waals surface area contributed by atoms with Crippen molar-refractivity contribution in [2.24, 2.45) is 0 Å². The van der Waals surface area contributed by atoms with E-state index in [-0.39, 0.29) is 28.9 Å². The van der Waals surface area contributed by atoms with Gasteiger partial charge in [-0.2, -0.15) is 0 Å². The largest absolute Gasteiger partial charge is 0.508 e. The Bertz CT molecular complexity index is 4250. The van der Waals surface area contributed by atoms with Crippen LogP contribution in [0, 0.1) is 0 Å². The second-order valence-electron chi connectivity index (χ2n) is 22.5. The van der Waals surface area contributed by atoms with Crippen molar-refractivity contribution >= 4 is 0 Å². The van der Waals surface area contributed by atoms with E-state index >= 15 is 0 Å². The maximum absolute atomic E-state index is 12.9. The summed E-state index contributed by atoms with van der Waals surface area (Å²) in [7, 11) is 0. The van der Waals surface area contributed by atoms with Gasteiger partial charge in [-0.15, -0.1) is 0 Å². The Morgan fingerprint density at radius 2 is 0.548 bits per heavy atom. The van der Waals surface area contributed by atoms with Gasteiger partial charge in [0.1, 0.15) is 23.0 Å². The van der Waals surface area contributed by atoms with Crippen LogP contribution in [-0.4, -0.2) is 20.4 Å². The van der Waals surface area contributed by atoms with Crippen LogP contribution in [0.1, 0.15) is 122 Å². The Labute approximate surface area is 492 Å². The van der Waals surface area contributed by atoms with Crippen molar-refractivity contribution in [2.75, 3.05) is 0 Å². The van der Waals surface area contributed by atoms with E-state index < -0.39 is 23.7 Å². The van der Waals surface area contributed by atoms with E-state index in [1.165, 1.54) is 6.07 Å². The fourth-order valence-electron chi connectivity index (χ4n) is 12.9. The first-order valence-electron chi connectivity index (χ1n) is 29.1. The standard InChI is InChI=1S/C80H64O4/c1-3-51(2)67-49-74(82)71-47-68(67)77(60-35-27-56(28-36-60)52-17-8-4-9-18-52)66-43-44-73(81)69(46-66)78(61-37-29-57(30-38-61)53-19-10-5-11-20-53)64-25-16-26-65(45-64)79(62-39-31-58(32-40-62)54-21-12-6-13-22-54)70-48-72(76(84)50-75(70)83)80(71)63-41-33-59(34-42-63)55-23-14-7-15-24-55/h4-51,77-84H,3H2,1-2H3/t51?,77-,78-,79?,80?/m1/s1. The number of fused-ring (bicyclic) bond motifs is 8. The van der Waals surface area contributed by atoms with Crippen molar-refractivity contribution in [1.29, 1.82) is 0 Å². The van der Waals surface area contributed by atoms with Crippen LogP contribution in [0.5, 0.6) is 23.0 Å². The molecule has 0 heterocycles. The van der Waals surface area contributed by atoms with E-state index in [0.717, 1.165) is 107 Å². The Balaban J connectivity index is 1.11. The smallest absolute Gasteiger partial charge is 0.123 e. The molecule has 84 heavy (non-hydrogen) atoms. The highest BCUT2D eigenvalue weighted by atomic mass is 16.3. The van der Waals surface area contributed by atoms with Gasteiger partial charge in [0, 0.05) is 52.0 Å². The van der Waals surface area contributed by atoms with Crippen molar-refractivity contribution < 1.29 is 20.4 Å². The lowest BCUT2D eigenvalue weighted by Crippen LogP contribution is -2.14. The molecule has 1 aliphatic rings. The summed E-state index contributed by atoms with van der Waals surface area (Å²) in [6.45, 7) is 4.40. The highest BCUT2D eigenvalue weighted by Crippen LogP contribution is 2.51. The number of phenolic OH excluding ortho intramolecular Hbond substituents is 4. The fourth-order valence-corrected chi connectivity index (χ4v) is 12.9. The quantitative estimate of drug-likeness (QED) is 0.110. The lowest BCUT2D eigenvalue weighted by Gasteiger charge is -2.30. The van der Waals surface area contributed by atoms with Crippen LogP contribution in [-0.2, 0) is 0 Å². The molecular formula is C80H64O4. The molecule has 0 fully saturated rings. The Morgan fingerprint density at radius 3 is 0.940 bits per heavy atom. The third kappa shape index (κ3) is 10.3. The minimum Gasteiger partial charge on any atom is -0.508 e. The molecule has 13 rings (SSSR count). The normalized spacial score (nSPS) is 15.9. The molecule has 0 aromatic heterocycles. The summed E-state index contributed by atoms with van der Waals surface area (Å²) in [5, 5.41) is 50.7. The molecule has 1 aliphatic carbocycles. The van der Waals surface area contributed by atoms with E-state index in [0.29, 0.717) is 16.7 Å². The Morgan fingerprint density at radius 1 is 0.250 bits per heavy atom. The molecule has 3 unspecified atom stereocenters. The van der Waals surface area contributed by atoms with Crippen molar-refractivity contribution in [1.82, 2.24) is 0 Å². The third-order valence-corrected chi connectivity index (χ3v) is 17.5. The summed E-state index contributed by atoms with van der Waals surface area (Å²) in [5.74, 6) is -1.99. The van der Waals surface area contributed by atoms with Gasteiger partial charge >= 0.3 is 0 Å². The summed E-state index contributed by atoms with van der Waals surface area (Å²) >= 11 is 0. The van der Waals surface area contributed by atoms with Gasteiger partial charge < -0.3 is 20.4 Å². The third-order valence-electron chi connectivity index (χ3n) is 17.5. The van der Waals surface area contributed by atoms with Gasteiger partial charge in [0.25, 0.3) is 0 Å². The topological polar surface area (TPSA) is 80.9 Å². The van der Waals surface area contributed by atoms with E-state index in [1.54, 1.807) is 0 Å². The number of rotatable bonds is 10. The monoisotopic (exact) mass is 1090 g/mol. The van der Waals surface area contributed by atoms with Gasteiger partial charge in [0.2, 0.25) is 0 Å². The molecule has 4 nitrogen and oxygen atoms in total. The molecule has 5 atom stereocenters. The van der Waals surface area contributed by atoms with Crippen LogP contribution < -0.4 is 0 Å². The SMILES string of the molecule is CCC(C)c1cc(O)c2cc1[C@H](c1ccc(-c3ccccc3)cc1)c1ccc(O)c(c1)[C@H](c1ccc(-c3ccccc3)cc1)c1cccc(c1)C(c1ccc(-c3ccccc3)cc1)c1cc(c(O)cc1O)C2c1ccc(-c2ccccc2)cc1. The summed E-state index contributed by atoms with van der Waals surface area (Å²) < 4.78 is 0. The molecule has 12 aromatic carbocycles. The second-order valence-corrected chi connectivity index (χ2v) is 22.5. The van der Waals surface area contributed by atoms with Crippen molar-refractivity contribution in [3.05, 3.63) is 357 Å². The molecule has 408 valence electrons. The minimum atomic E-state index is -0.723. The first-order chi connectivity index (χ1) is 41.2. The fraction of sp³-hybridized carbons (Fsp3) is 0.100. The molecular weight excluding hydrogens is 1020 g/mol. The molecule has 0 radical (unpaired) electrons. The number of aromatic hydroxyl groups is 4. The number of hydrogen-bond acceptors (Lipinski definition) is 4. The molecule has 0 aliphatic heterocycles. The summed E-state index contributed by atoms with van der Waals surface area (Å²) in [6.07, 6.45) is 0.809. The van der Waals surface area contributed by atoms with Crippen LogP contribution in [0.2, 0.25) is 0 Å². The van der Waals surface area contributed by atoms with Gasteiger partial charge in [-0.25, -0.2) is 0 Å². The van der Waals surface area contributed by atoms with Gasteiger partial charge in [-0.05, 0) is 131 Å². The highest BCUT2D eigenvalue weighted by molar-refractivity contribution is 5.70. The maximum atomic E-state index is 12.9. The summed E-state index contributed by atoms with van der Waals surface area (Å²) in [4.78, 5) is 0. The van der Waals surface area contributed by atoms with E-state index in [4.69, 9.17) is 0 Å². The van der Waals surface area contributed by atoms with Crippen molar-refractivity contribution in [2.45, 2.75) is 49.9 Å². The molecule has 12 aromatic rings. The zero-order valence-electron chi connectivity index (χ0n) is 47.0. The first-order valence-corrected chi connectivity index (χ1v) is 29.1. The summed E-state index contributed by atoms with van der Waals surface area (Å²) in [5.41, 5.74) is 19.8. The zero-order valence-corrected chi connectivity index (χ0v) is 47.0. The van der Waals surface area contributed by atoms with E-state index in [9.17, 15) is 20.4 Å². The molecule has 0 spiro atoms. The minimum absolute atomic E-state index is 0.0261. The van der Waals surface area contributed by atoms with Crippen LogP contribution in [0.25, 0.3) is 44.5 Å². The summed E-state index contributed by atoms with van der Waals surface area (Å²) in [6, 6.07) is 98.1. The second kappa shape index (κ2) is 23.0. The van der Waals surface area contributed by atoms with Crippen molar-refractivity contribution in [3.63, 3.8) is 0 Å². The highest BCUT2D eigenvalue weighted by Gasteiger charge is 2.33. The number of hydrogen-bond donors (Lipinski definition) is 4. The van der Waals surface area contributed by atoms with Crippen LogP contribution in [0.15, 0.2) is 285 Å². The Hall–Kier alpha value is -10.2. The average molecular weight is 1090 g/mol. The molecule has 4 N–H and O–H groups in total. The van der Waals surface area contributed by atoms with Crippen LogP contribution >= 0.6 is 0 Å². The maximum Gasteiger partial charge on any atom is 0.123 e. The molecule has 0 saturated heterocycles. The Kier molecular flexibility index (Phi) is 14.6. The van der Waals surface area contributed by atoms with Gasteiger partial charge in [-0.1, -0.05) is 269 Å². The zero-order chi connectivity index (χ0) is 57.3. The molecule has 0 amide bonds. The van der Waals surface area contributed by atoms with E-state index in [2.05, 4.69) is 226 Å². The van der Waals surface area contributed by atoms with Crippen LogP contribution in [0.3, 0.4) is 0 Å². The van der Waals surface area contributed by atoms with Gasteiger partial charge in [0.05, 0.1) is 0 Å². The van der Waals surface area contributed by atoms with Gasteiger partial charge in [-0.3, -0.25) is 0 Å². The predicted octanol–water partition coefficient (Wildman–Crippen LogP) is 19.7. The van der Waals surface area contributed by atoms with Crippen LogP contribution in [0.4, 0.5) is 0 Å². The number of phenols is 4. The first kappa shape index (κ1) is 53.2. The van der Waals surface area contributed by atoms with E-state index in [1.807, 2.05) is 66.7 Å². The molecule has 4 heteroatoms. The molecule has 8 bridgehead atoms. The van der Waals surface area contributed by atoms with Gasteiger partial charge in [0.15, 0.2) is 0 Å². The lowest BCUT2D eigenvalue weighted by molar-refractivity contribution is 0.439. The predicted molar refractivity (Wildman–Crippen MR) is 342 cm³/mol. The average Bonchev–Trinajstić information content (AvgIpc) is 2.52. The molecule has 0 saturated carbocycles.